The standard InChI is InChI=1S/C16H20ClNO4/c1-10(7-11(2)19)8-12(17)9-13-14(20)16(18-15(13)21)3-5-22-6-4-16/h7-8,19-20H,2-6,9H2,1H3,(H,18,21)/b10-7-,12-8+. The van der Waals surface area contributed by atoms with Crippen molar-refractivity contribution in [1.82, 2.24) is 5.32 Å². The fraction of sp³-hybridized carbons (Fsp3) is 0.438. The third-order valence-corrected chi connectivity index (χ3v) is 4.08. The zero-order valence-electron chi connectivity index (χ0n) is 12.5. The van der Waals surface area contributed by atoms with Gasteiger partial charge in [-0.15, -0.1) is 0 Å². The van der Waals surface area contributed by atoms with E-state index in [0.717, 1.165) is 0 Å². The SMILES string of the molecule is C=C(O)/C=C(C)\C=C(\Cl)CC1=C(O)C2(CCOCC2)NC1=O. The second kappa shape index (κ2) is 6.58. The van der Waals surface area contributed by atoms with Gasteiger partial charge in [-0.1, -0.05) is 18.2 Å². The molecule has 2 aliphatic heterocycles. The van der Waals surface area contributed by atoms with Crippen molar-refractivity contribution in [2.45, 2.75) is 31.7 Å². The molecule has 0 saturated carbocycles. The van der Waals surface area contributed by atoms with Crippen molar-refractivity contribution < 1.29 is 19.7 Å². The summed E-state index contributed by atoms with van der Waals surface area (Å²) in [5.41, 5.74) is 0.294. The summed E-state index contributed by atoms with van der Waals surface area (Å²) < 4.78 is 5.28. The summed E-state index contributed by atoms with van der Waals surface area (Å²) in [6.45, 7) is 6.13. The van der Waals surface area contributed by atoms with Crippen molar-refractivity contribution in [3.63, 3.8) is 0 Å². The summed E-state index contributed by atoms with van der Waals surface area (Å²) in [4.78, 5) is 12.1. The molecule has 1 spiro atoms. The molecule has 5 nitrogen and oxygen atoms in total. The Kier molecular flexibility index (Phi) is 4.98. The maximum atomic E-state index is 12.1. The molecule has 6 heteroatoms. The van der Waals surface area contributed by atoms with Gasteiger partial charge >= 0.3 is 0 Å². The van der Waals surface area contributed by atoms with Crippen LogP contribution in [0.4, 0.5) is 0 Å². The average Bonchev–Trinajstić information content (AvgIpc) is 2.63. The van der Waals surface area contributed by atoms with Crippen LogP contribution in [0.3, 0.4) is 0 Å². The van der Waals surface area contributed by atoms with Crippen molar-refractivity contribution in [2.75, 3.05) is 13.2 Å². The van der Waals surface area contributed by atoms with Gasteiger partial charge in [0.2, 0.25) is 0 Å². The lowest BCUT2D eigenvalue weighted by Gasteiger charge is -2.33. The van der Waals surface area contributed by atoms with Crippen LogP contribution in [0.1, 0.15) is 26.2 Å². The van der Waals surface area contributed by atoms with Gasteiger partial charge in [0.1, 0.15) is 17.1 Å². The molecule has 0 aromatic rings. The highest BCUT2D eigenvalue weighted by molar-refractivity contribution is 6.30. The summed E-state index contributed by atoms with van der Waals surface area (Å²) in [5.74, 6) is -0.292. The van der Waals surface area contributed by atoms with Gasteiger partial charge in [-0.25, -0.2) is 0 Å². The van der Waals surface area contributed by atoms with E-state index >= 15 is 0 Å². The maximum Gasteiger partial charge on any atom is 0.251 e. The number of amides is 1. The lowest BCUT2D eigenvalue weighted by molar-refractivity contribution is -0.118. The third-order valence-electron chi connectivity index (χ3n) is 3.84. The number of ether oxygens (including phenoxy) is 1. The molecule has 1 saturated heterocycles. The predicted octanol–water partition coefficient (Wildman–Crippen LogP) is 3.01. The third kappa shape index (κ3) is 3.54. The van der Waals surface area contributed by atoms with Crippen LogP contribution in [0, 0.1) is 0 Å². The Hall–Kier alpha value is -1.72. The average molecular weight is 326 g/mol. The van der Waals surface area contributed by atoms with Crippen LogP contribution < -0.4 is 5.32 Å². The quantitative estimate of drug-likeness (QED) is 0.548. The normalized spacial score (nSPS) is 22.2. The van der Waals surface area contributed by atoms with Crippen LogP contribution in [0.5, 0.6) is 0 Å². The number of allylic oxidation sites excluding steroid dienone is 4. The highest BCUT2D eigenvalue weighted by atomic mass is 35.5. The molecule has 2 heterocycles. The van der Waals surface area contributed by atoms with Crippen LogP contribution in [0.25, 0.3) is 0 Å². The molecule has 1 fully saturated rings. The highest BCUT2D eigenvalue weighted by Crippen LogP contribution is 2.36. The molecule has 0 radical (unpaired) electrons. The zero-order valence-corrected chi connectivity index (χ0v) is 13.2. The van der Waals surface area contributed by atoms with E-state index in [-0.39, 0.29) is 23.8 Å². The fourth-order valence-electron chi connectivity index (χ4n) is 2.77. The van der Waals surface area contributed by atoms with E-state index in [1.807, 2.05) is 0 Å². The summed E-state index contributed by atoms with van der Waals surface area (Å²) in [6.07, 6.45) is 4.35. The number of carbonyl (C=O) groups excluding carboxylic acids is 1. The number of carbonyl (C=O) groups is 1. The van der Waals surface area contributed by atoms with Crippen LogP contribution in [0.2, 0.25) is 0 Å². The molecule has 0 aliphatic carbocycles. The first kappa shape index (κ1) is 16.6. The van der Waals surface area contributed by atoms with E-state index in [2.05, 4.69) is 11.9 Å². The van der Waals surface area contributed by atoms with Gasteiger partial charge in [0, 0.05) is 37.5 Å². The second-order valence-corrected chi connectivity index (χ2v) is 6.11. The molecule has 0 aromatic heterocycles. The predicted molar refractivity (Wildman–Crippen MR) is 84.7 cm³/mol. The van der Waals surface area contributed by atoms with E-state index in [1.165, 1.54) is 6.08 Å². The van der Waals surface area contributed by atoms with Crippen molar-refractivity contribution in [1.29, 1.82) is 0 Å². The molecule has 3 N–H and O–H groups in total. The van der Waals surface area contributed by atoms with Gasteiger partial charge in [-0.05, 0) is 24.6 Å². The summed E-state index contributed by atoms with van der Waals surface area (Å²) in [5, 5.41) is 22.8. The first-order chi connectivity index (χ1) is 10.3. The summed E-state index contributed by atoms with van der Waals surface area (Å²) in [6, 6.07) is 0. The van der Waals surface area contributed by atoms with Crippen molar-refractivity contribution in [3.8, 4) is 0 Å². The van der Waals surface area contributed by atoms with Crippen LogP contribution in [-0.2, 0) is 9.53 Å². The van der Waals surface area contributed by atoms with Crippen LogP contribution >= 0.6 is 11.6 Å². The van der Waals surface area contributed by atoms with Gasteiger partial charge in [0.15, 0.2) is 0 Å². The topological polar surface area (TPSA) is 78.8 Å². The fourth-order valence-corrected chi connectivity index (χ4v) is 3.07. The van der Waals surface area contributed by atoms with E-state index < -0.39 is 5.54 Å². The zero-order chi connectivity index (χ0) is 16.3. The Bertz CT molecular complexity index is 583. The number of aliphatic hydroxyl groups is 2. The van der Waals surface area contributed by atoms with Crippen molar-refractivity contribution >= 4 is 17.5 Å². The number of nitrogens with one attached hydrogen (secondary N) is 1. The van der Waals surface area contributed by atoms with Crippen LogP contribution in [0.15, 0.2) is 46.4 Å². The maximum absolute atomic E-state index is 12.1. The van der Waals surface area contributed by atoms with E-state index in [4.69, 9.17) is 21.4 Å². The highest BCUT2D eigenvalue weighted by Gasteiger charge is 2.46. The summed E-state index contributed by atoms with van der Waals surface area (Å²) >= 11 is 6.16. The van der Waals surface area contributed by atoms with Gasteiger partial charge in [-0.2, -0.15) is 0 Å². The Morgan fingerprint density at radius 1 is 1.45 bits per heavy atom. The molecule has 1 amide bonds. The van der Waals surface area contributed by atoms with Gasteiger partial charge in [0.05, 0.1) is 5.57 Å². The van der Waals surface area contributed by atoms with E-state index in [1.54, 1.807) is 13.0 Å². The van der Waals surface area contributed by atoms with Crippen molar-refractivity contribution in [2.24, 2.45) is 0 Å². The molecular formula is C16H20ClNO4. The first-order valence-corrected chi connectivity index (χ1v) is 7.47. The number of rotatable bonds is 4. The van der Waals surface area contributed by atoms with Gasteiger partial charge < -0.3 is 20.3 Å². The monoisotopic (exact) mass is 325 g/mol. The molecular weight excluding hydrogens is 306 g/mol. The largest absolute Gasteiger partial charge is 0.509 e. The van der Waals surface area contributed by atoms with Gasteiger partial charge in [0.25, 0.3) is 5.91 Å². The van der Waals surface area contributed by atoms with Crippen molar-refractivity contribution in [3.05, 3.63) is 46.4 Å². The number of aliphatic hydroxyl groups excluding tert-OH is 2. The molecule has 0 aromatic carbocycles. The molecule has 0 atom stereocenters. The number of hydrogen-bond acceptors (Lipinski definition) is 4. The second-order valence-electron chi connectivity index (χ2n) is 5.62. The molecule has 2 aliphatic rings. The minimum atomic E-state index is -0.702. The van der Waals surface area contributed by atoms with Crippen LogP contribution in [-0.4, -0.2) is 34.9 Å². The minimum Gasteiger partial charge on any atom is -0.509 e. The lowest BCUT2D eigenvalue weighted by Crippen LogP contribution is -2.48. The summed E-state index contributed by atoms with van der Waals surface area (Å²) in [7, 11) is 0. The Balaban J connectivity index is 2.19. The van der Waals surface area contributed by atoms with E-state index in [9.17, 15) is 9.90 Å². The molecule has 22 heavy (non-hydrogen) atoms. The molecule has 0 bridgehead atoms. The Morgan fingerprint density at radius 2 is 2.09 bits per heavy atom. The van der Waals surface area contributed by atoms with Gasteiger partial charge in [-0.3, -0.25) is 4.79 Å². The Labute approximate surface area is 134 Å². The smallest absolute Gasteiger partial charge is 0.251 e. The molecule has 2 rings (SSSR count). The number of hydrogen-bond donors (Lipinski definition) is 3. The molecule has 0 unspecified atom stereocenters. The number of halogens is 1. The minimum absolute atomic E-state index is 0.0694. The lowest BCUT2D eigenvalue weighted by atomic mass is 9.88. The first-order valence-electron chi connectivity index (χ1n) is 7.09. The Morgan fingerprint density at radius 3 is 2.68 bits per heavy atom. The van der Waals surface area contributed by atoms with E-state index in [0.29, 0.717) is 42.2 Å². The molecule has 120 valence electrons.